The van der Waals surface area contributed by atoms with Crippen LogP contribution in [-0.2, 0) is 16.1 Å². The molecule has 0 atom stereocenters. The van der Waals surface area contributed by atoms with Gasteiger partial charge in [-0.15, -0.1) is 0 Å². The van der Waals surface area contributed by atoms with Crippen LogP contribution in [-0.4, -0.2) is 38.0 Å². The maximum Gasteiger partial charge on any atom is 0.338 e. The van der Waals surface area contributed by atoms with Crippen molar-refractivity contribution in [2.75, 3.05) is 11.9 Å². The molecule has 8 heteroatoms. The molecule has 0 saturated heterocycles. The summed E-state index contributed by atoms with van der Waals surface area (Å²) in [6.07, 6.45) is 3.42. The molecule has 0 spiro atoms. The number of carbonyl (C=O) groups excluding carboxylic acids is 2. The van der Waals surface area contributed by atoms with Crippen LogP contribution in [0.4, 0.5) is 5.69 Å². The van der Waals surface area contributed by atoms with E-state index in [1.165, 1.54) is 6.33 Å². The zero-order valence-corrected chi connectivity index (χ0v) is 14.6. The Hall–Kier alpha value is -3.29. The third kappa shape index (κ3) is 3.85. The monoisotopic (exact) mass is 353 g/mol. The van der Waals surface area contributed by atoms with E-state index in [1.54, 1.807) is 37.5 Å². The second kappa shape index (κ2) is 7.73. The minimum absolute atomic E-state index is 0.137. The molecule has 8 nitrogen and oxygen atoms in total. The number of aromatic nitrogens is 4. The Labute approximate surface area is 150 Å². The topological polar surface area (TPSA) is 99.0 Å². The van der Waals surface area contributed by atoms with Gasteiger partial charge in [0.2, 0.25) is 5.91 Å². The molecule has 0 aliphatic rings. The third-order valence-corrected chi connectivity index (χ3v) is 3.84. The number of rotatable bonds is 6. The van der Waals surface area contributed by atoms with E-state index >= 15 is 0 Å². The molecule has 0 aliphatic heterocycles. The number of hydrogen-bond donors (Lipinski definition) is 1. The summed E-state index contributed by atoms with van der Waals surface area (Å²) in [5.74, 6) is -0.517. The van der Waals surface area contributed by atoms with Gasteiger partial charge in [0.05, 0.1) is 24.2 Å². The largest absolute Gasteiger partial charge is 0.462 e. The summed E-state index contributed by atoms with van der Waals surface area (Å²) in [5, 5.41) is 2.80. The lowest BCUT2D eigenvalue weighted by Crippen LogP contribution is -2.14. The van der Waals surface area contributed by atoms with Gasteiger partial charge >= 0.3 is 5.97 Å². The highest BCUT2D eigenvalue weighted by Gasteiger charge is 2.10. The van der Waals surface area contributed by atoms with E-state index in [1.807, 2.05) is 11.5 Å². The second-order valence-corrected chi connectivity index (χ2v) is 5.67. The lowest BCUT2D eigenvalue weighted by molar-refractivity contribution is -0.116. The first-order valence-electron chi connectivity index (χ1n) is 8.28. The fraction of sp³-hybridized carbons (Fsp3) is 0.278. The molecule has 2 heterocycles. The van der Waals surface area contributed by atoms with E-state index in [0.29, 0.717) is 30.0 Å². The summed E-state index contributed by atoms with van der Waals surface area (Å²) in [6.45, 7) is 4.40. The Bertz CT molecular complexity index is 934. The predicted molar refractivity (Wildman–Crippen MR) is 95.7 cm³/mol. The van der Waals surface area contributed by atoms with Gasteiger partial charge < -0.3 is 14.6 Å². The van der Waals surface area contributed by atoms with Crippen LogP contribution in [0.25, 0.3) is 11.2 Å². The van der Waals surface area contributed by atoms with Gasteiger partial charge in [-0.05, 0) is 38.1 Å². The van der Waals surface area contributed by atoms with E-state index in [-0.39, 0.29) is 18.3 Å². The number of aryl methyl sites for hydroxylation is 2. The average molecular weight is 353 g/mol. The van der Waals surface area contributed by atoms with E-state index in [9.17, 15) is 9.59 Å². The molecule has 134 valence electrons. The molecule has 26 heavy (non-hydrogen) atoms. The molecule has 0 unspecified atom stereocenters. The number of anilines is 1. The highest BCUT2D eigenvalue weighted by Crippen LogP contribution is 2.14. The van der Waals surface area contributed by atoms with Crippen molar-refractivity contribution in [1.82, 2.24) is 19.5 Å². The zero-order valence-electron chi connectivity index (χ0n) is 14.6. The van der Waals surface area contributed by atoms with Crippen LogP contribution in [0, 0.1) is 6.92 Å². The van der Waals surface area contributed by atoms with Crippen LogP contribution >= 0.6 is 0 Å². The maximum absolute atomic E-state index is 12.2. The first-order valence-corrected chi connectivity index (χ1v) is 8.28. The lowest BCUT2D eigenvalue weighted by Gasteiger charge is -2.07. The second-order valence-electron chi connectivity index (χ2n) is 5.67. The number of fused-ring (bicyclic) bond motifs is 1. The molecule has 0 radical (unpaired) electrons. The summed E-state index contributed by atoms with van der Waals surface area (Å²) in [5.41, 5.74) is 3.33. The van der Waals surface area contributed by atoms with E-state index in [2.05, 4.69) is 20.3 Å². The van der Waals surface area contributed by atoms with Crippen molar-refractivity contribution in [3.05, 3.63) is 48.2 Å². The number of benzene rings is 1. The van der Waals surface area contributed by atoms with Crippen molar-refractivity contribution in [3.63, 3.8) is 0 Å². The maximum atomic E-state index is 12.2. The number of esters is 1. The molecule has 2 aromatic heterocycles. The molecule has 3 aromatic rings. The third-order valence-electron chi connectivity index (χ3n) is 3.84. The van der Waals surface area contributed by atoms with Gasteiger partial charge in [0.25, 0.3) is 0 Å². The molecule has 3 rings (SSSR count). The van der Waals surface area contributed by atoms with E-state index in [4.69, 9.17) is 4.74 Å². The van der Waals surface area contributed by atoms with Crippen LogP contribution in [0.5, 0.6) is 0 Å². The first kappa shape index (κ1) is 17.5. The highest BCUT2D eigenvalue weighted by atomic mass is 16.5. The van der Waals surface area contributed by atoms with Gasteiger partial charge in [0.1, 0.15) is 11.8 Å². The average Bonchev–Trinajstić information content (AvgIpc) is 3.05. The lowest BCUT2D eigenvalue weighted by atomic mass is 10.2. The van der Waals surface area contributed by atoms with Gasteiger partial charge in [-0.3, -0.25) is 4.79 Å². The molecule has 1 N–H and O–H groups in total. The van der Waals surface area contributed by atoms with Crippen LogP contribution in [0.2, 0.25) is 0 Å². The summed E-state index contributed by atoms with van der Waals surface area (Å²) >= 11 is 0. The number of imidazole rings is 1. The zero-order chi connectivity index (χ0) is 18.5. The Balaban J connectivity index is 1.58. The highest BCUT2D eigenvalue weighted by molar-refractivity contribution is 5.93. The Kier molecular flexibility index (Phi) is 5.21. The van der Waals surface area contributed by atoms with Crippen LogP contribution in [0.15, 0.2) is 36.9 Å². The number of ether oxygens (including phenoxy) is 1. The molecule has 1 aromatic carbocycles. The number of amides is 1. The van der Waals surface area contributed by atoms with Crippen LogP contribution < -0.4 is 5.32 Å². The Morgan fingerprint density at radius 2 is 1.92 bits per heavy atom. The van der Waals surface area contributed by atoms with Crippen molar-refractivity contribution in [3.8, 4) is 0 Å². The fourth-order valence-electron chi connectivity index (χ4n) is 2.51. The van der Waals surface area contributed by atoms with Gasteiger partial charge in [-0.1, -0.05) is 0 Å². The molecular formula is C18H19N5O3. The van der Waals surface area contributed by atoms with Crippen molar-refractivity contribution >= 4 is 28.7 Å². The van der Waals surface area contributed by atoms with Crippen molar-refractivity contribution in [2.24, 2.45) is 0 Å². The summed E-state index contributed by atoms with van der Waals surface area (Å²) in [7, 11) is 0. The summed E-state index contributed by atoms with van der Waals surface area (Å²) in [6, 6.07) is 6.59. The fourth-order valence-corrected chi connectivity index (χ4v) is 2.51. The first-order chi connectivity index (χ1) is 12.6. The minimum atomic E-state index is -0.380. The smallest absolute Gasteiger partial charge is 0.338 e. The predicted octanol–water partition coefficient (Wildman–Crippen LogP) is 2.34. The summed E-state index contributed by atoms with van der Waals surface area (Å²) < 4.78 is 6.75. The van der Waals surface area contributed by atoms with Crippen LogP contribution in [0.1, 0.15) is 29.4 Å². The van der Waals surface area contributed by atoms with Crippen molar-refractivity contribution in [1.29, 1.82) is 0 Å². The Morgan fingerprint density at radius 3 is 2.65 bits per heavy atom. The van der Waals surface area contributed by atoms with Crippen LogP contribution in [0.3, 0.4) is 0 Å². The van der Waals surface area contributed by atoms with E-state index in [0.717, 1.165) is 11.2 Å². The molecule has 1 amide bonds. The van der Waals surface area contributed by atoms with Gasteiger partial charge in [-0.2, -0.15) is 0 Å². The molecule has 0 aliphatic carbocycles. The van der Waals surface area contributed by atoms with E-state index < -0.39 is 0 Å². The quantitative estimate of drug-likeness (QED) is 0.683. The van der Waals surface area contributed by atoms with Gasteiger partial charge in [0, 0.05) is 18.7 Å². The number of nitrogens with zero attached hydrogens (tertiary/aromatic N) is 4. The molecule has 0 fully saturated rings. The number of hydrogen-bond acceptors (Lipinski definition) is 6. The summed E-state index contributed by atoms with van der Waals surface area (Å²) in [4.78, 5) is 36.4. The standard InChI is InChI=1S/C18H19N5O3/c1-3-26-18(25)13-4-6-14(7-5-13)22-15(24)8-9-23-11-21-16-12(2)19-10-20-17(16)23/h4-7,10-11H,3,8-9H2,1-2H3,(H,22,24). The molecular weight excluding hydrogens is 334 g/mol. The molecule has 0 bridgehead atoms. The van der Waals surface area contributed by atoms with Gasteiger partial charge in [0.15, 0.2) is 5.65 Å². The van der Waals surface area contributed by atoms with Crippen molar-refractivity contribution < 1.29 is 14.3 Å². The Morgan fingerprint density at radius 1 is 1.15 bits per heavy atom. The van der Waals surface area contributed by atoms with Crippen molar-refractivity contribution in [2.45, 2.75) is 26.8 Å². The molecule has 0 saturated carbocycles. The normalized spacial score (nSPS) is 10.7. The number of nitrogens with one attached hydrogen (secondary N) is 1. The number of carbonyl (C=O) groups is 2. The SMILES string of the molecule is CCOC(=O)c1ccc(NC(=O)CCn2cnc3c(C)ncnc32)cc1. The van der Waals surface area contributed by atoms with Gasteiger partial charge in [-0.25, -0.2) is 19.7 Å². The minimum Gasteiger partial charge on any atom is -0.462 e.